The van der Waals surface area contributed by atoms with Gasteiger partial charge in [-0.3, -0.25) is 14.7 Å². The molecule has 1 aromatic rings. The van der Waals surface area contributed by atoms with Crippen molar-refractivity contribution in [1.82, 2.24) is 10.2 Å². The molecule has 0 aromatic carbocycles. The lowest BCUT2D eigenvalue weighted by Gasteiger charge is -2.30. The molecule has 98 valence electrons. The largest absolute Gasteiger partial charge is 0.274 e. The highest BCUT2D eigenvalue weighted by Gasteiger charge is 2.52. The summed E-state index contributed by atoms with van der Waals surface area (Å²) >= 11 is 0. The molecule has 6 heteroatoms. The van der Waals surface area contributed by atoms with Gasteiger partial charge < -0.3 is 0 Å². The van der Waals surface area contributed by atoms with Gasteiger partial charge in [0, 0.05) is 6.42 Å². The van der Waals surface area contributed by atoms with E-state index in [2.05, 4.69) is 10.2 Å². The number of aromatic nitrogens is 2. The predicted molar refractivity (Wildman–Crippen MR) is 65.9 cm³/mol. The second-order valence-electron chi connectivity index (χ2n) is 5.30. The number of nitriles is 1. The average molecular weight is 258 g/mol. The molecule has 1 aliphatic carbocycles. The number of aromatic amines is 1. The van der Waals surface area contributed by atoms with E-state index in [-0.39, 0.29) is 29.6 Å². The second-order valence-corrected chi connectivity index (χ2v) is 5.30. The molecule has 0 bridgehead atoms. The van der Waals surface area contributed by atoms with Crippen LogP contribution >= 0.6 is 0 Å². The van der Waals surface area contributed by atoms with Crippen LogP contribution in [0.5, 0.6) is 0 Å². The number of nitrogens with zero attached hydrogens (tertiary/aromatic N) is 3. The first kappa shape index (κ1) is 11.9. The summed E-state index contributed by atoms with van der Waals surface area (Å²) in [7, 11) is 0. The fourth-order valence-electron chi connectivity index (χ4n) is 3.17. The van der Waals surface area contributed by atoms with Crippen molar-refractivity contribution in [3.63, 3.8) is 0 Å². The van der Waals surface area contributed by atoms with Gasteiger partial charge in [-0.1, -0.05) is 19.3 Å². The molecule has 1 spiro atoms. The molecule has 0 atom stereocenters. The summed E-state index contributed by atoms with van der Waals surface area (Å²) in [6.45, 7) is 0. The van der Waals surface area contributed by atoms with Gasteiger partial charge in [0.05, 0.1) is 11.6 Å². The molecule has 1 aromatic heterocycles. The molecule has 1 saturated carbocycles. The molecule has 3 rings (SSSR count). The maximum absolute atomic E-state index is 12.6. The number of rotatable bonds is 1. The molecule has 19 heavy (non-hydrogen) atoms. The first-order valence-corrected chi connectivity index (χ1v) is 6.49. The van der Waals surface area contributed by atoms with Crippen LogP contribution in [0.2, 0.25) is 0 Å². The Bertz CT molecular complexity index is 578. The number of H-pyrrole nitrogens is 1. The zero-order valence-electron chi connectivity index (χ0n) is 10.5. The van der Waals surface area contributed by atoms with Crippen molar-refractivity contribution >= 4 is 17.6 Å². The summed E-state index contributed by atoms with van der Waals surface area (Å²) in [5.41, 5.74) is -0.303. The van der Waals surface area contributed by atoms with Gasteiger partial charge >= 0.3 is 0 Å². The molecule has 2 heterocycles. The quantitative estimate of drug-likeness (QED) is 0.773. The smallest absolute Gasteiger partial charge is 0.241 e. The number of hydrogen-bond donors (Lipinski definition) is 1. The molecular formula is C13H14N4O2. The zero-order valence-corrected chi connectivity index (χ0v) is 10.5. The van der Waals surface area contributed by atoms with Crippen molar-refractivity contribution < 1.29 is 9.59 Å². The standard InChI is InChI=1S/C13H14N4O2/c14-7-9-8-15-16-11(9)17-10(18)6-13(12(17)19)4-2-1-3-5-13/h8H,1-6H2,(H,15,16). The first-order valence-electron chi connectivity index (χ1n) is 6.49. The maximum atomic E-state index is 12.6. The monoisotopic (exact) mass is 258 g/mol. The SMILES string of the molecule is N#Cc1cn[nH]c1N1C(=O)CC2(CCCCC2)C1=O. The average Bonchev–Trinajstić information content (AvgIpc) is 2.95. The Balaban J connectivity index is 1.98. The van der Waals surface area contributed by atoms with Crippen LogP contribution in [-0.4, -0.2) is 22.0 Å². The molecule has 0 radical (unpaired) electrons. The Morgan fingerprint density at radius 2 is 2.05 bits per heavy atom. The van der Waals surface area contributed by atoms with Crippen molar-refractivity contribution in [2.75, 3.05) is 4.90 Å². The Kier molecular flexibility index (Phi) is 2.63. The van der Waals surface area contributed by atoms with Gasteiger partial charge in [-0.25, -0.2) is 4.90 Å². The van der Waals surface area contributed by atoms with Crippen LogP contribution in [0.15, 0.2) is 6.20 Å². The molecule has 2 amide bonds. The van der Waals surface area contributed by atoms with E-state index in [0.717, 1.165) is 37.0 Å². The van der Waals surface area contributed by atoms with Crippen LogP contribution < -0.4 is 4.90 Å². The van der Waals surface area contributed by atoms with Gasteiger partial charge in [0.25, 0.3) is 0 Å². The van der Waals surface area contributed by atoms with E-state index in [4.69, 9.17) is 5.26 Å². The third kappa shape index (κ3) is 1.65. The van der Waals surface area contributed by atoms with Crippen LogP contribution in [0.3, 0.4) is 0 Å². The van der Waals surface area contributed by atoms with E-state index in [1.807, 2.05) is 6.07 Å². The fourth-order valence-corrected chi connectivity index (χ4v) is 3.17. The van der Waals surface area contributed by atoms with Crippen LogP contribution in [0.25, 0.3) is 0 Å². The van der Waals surface area contributed by atoms with Crippen molar-refractivity contribution in [1.29, 1.82) is 5.26 Å². The number of carbonyl (C=O) groups excluding carboxylic acids is 2. The summed E-state index contributed by atoms with van der Waals surface area (Å²) in [6.07, 6.45) is 6.23. The van der Waals surface area contributed by atoms with Gasteiger partial charge in [-0.2, -0.15) is 10.4 Å². The molecular weight excluding hydrogens is 244 g/mol. The summed E-state index contributed by atoms with van der Waals surface area (Å²) in [5.74, 6) is -0.175. The molecule has 0 unspecified atom stereocenters. The third-order valence-electron chi connectivity index (χ3n) is 4.17. The van der Waals surface area contributed by atoms with Gasteiger partial charge in [0.1, 0.15) is 11.6 Å². The number of amides is 2. The third-order valence-corrected chi connectivity index (χ3v) is 4.17. The lowest BCUT2D eigenvalue weighted by Crippen LogP contribution is -2.37. The van der Waals surface area contributed by atoms with Crippen LogP contribution in [-0.2, 0) is 9.59 Å². The lowest BCUT2D eigenvalue weighted by atomic mass is 9.73. The summed E-state index contributed by atoms with van der Waals surface area (Å²) in [4.78, 5) is 25.9. The topological polar surface area (TPSA) is 89.8 Å². The number of nitrogens with one attached hydrogen (secondary N) is 1. The zero-order chi connectivity index (χ0) is 13.5. The Morgan fingerprint density at radius 3 is 2.74 bits per heavy atom. The Morgan fingerprint density at radius 1 is 1.32 bits per heavy atom. The minimum atomic E-state index is -0.535. The molecule has 1 aliphatic heterocycles. The van der Waals surface area contributed by atoms with Crippen molar-refractivity contribution in [2.24, 2.45) is 5.41 Å². The molecule has 2 fully saturated rings. The van der Waals surface area contributed by atoms with Gasteiger partial charge in [-0.15, -0.1) is 0 Å². The molecule has 6 nitrogen and oxygen atoms in total. The second kappa shape index (κ2) is 4.19. The molecule has 1 saturated heterocycles. The highest BCUT2D eigenvalue weighted by molar-refractivity contribution is 6.22. The van der Waals surface area contributed by atoms with Gasteiger partial charge in [0.2, 0.25) is 11.8 Å². The van der Waals surface area contributed by atoms with E-state index < -0.39 is 5.41 Å². The summed E-state index contributed by atoms with van der Waals surface area (Å²) in [5, 5.41) is 15.3. The van der Waals surface area contributed by atoms with Crippen molar-refractivity contribution in [3.05, 3.63) is 11.8 Å². The predicted octanol–water partition coefficient (Wildman–Crippen LogP) is 1.50. The van der Waals surface area contributed by atoms with E-state index in [1.165, 1.54) is 6.20 Å². The van der Waals surface area contributed by atoms with Crippen LogP contribution in [0.4, 0.5) is 5.82 Å². The number of hydrogen-bond acceptors (Lipinski definition) is 4. The Labute approximate surface area is 110 Å². The lowest BCUT2D eigenvalue weighted by molar-refractivity contribution is -0.127. The van der Waals surface area contributed by atoms with Gasteiger partial charge in [0.15, 0.2) is 5.82 Å². The fraction of sp³-hybridized carbons (Fsp3) is 0.538. The van der Waals surface area contributed by atoms with Gasteiger partial charge in [-0.05, 0) is 12.8 Å². The van der Waals surface area contributed by atoms with Crippen molar-refractivity contribution in [3.8, 4) is 6.07 Å². The van der Waals surface area contributed by atoms with Crippen LogP contribution in [0.1, 0.15) is 44.1 Å². The first-order chi connectivity index (χ1) is 9.18. The highest BCUT2D eigenvalue weighted by atomic mass is 16.2. The van der Waals surface area contributed by atoms with E-state index in [0.29, 0.717) is 0 Å². The highest BCUT2D eigenvalue weighted by Crippen LogP contribution is 2.46. The van der Waals surface area contributed by atoms with E-state index in [9.17, 15) is 9.59 Å². The minimum Gasteiger partial charge on any atom is -0.274 e. The van der Waals surface area contributed by atoms with E-state index in [1.54, 1.807) is 0 Å². The summed E-state index contributed by atoms with van der Waals surface area (Å²) < 4.78 is 0. The number of imide groups is 1. The van der Waals surface area contributed by atoms with Crippen molar-refractivity contribution in [2.45, 2.75) is 38.5 Å². The number of anilines is 1. The summed E-state index contributed by atoms with van der Waals surface area (Å²) in [6, 6.07) is 1.95. The Hall–Kier alpha value is -2.16. The molecule has 2 aliphatic rings. The normalized spacial score (nSPS) is 21.9. The maximum Gasteiger partial charge on any atom is 0.241 e. The molecule has 1 N–H and O–H groups in total. The minimum absolute atomic E-state index is 0.169. The number of carbonyl (C=O) groups is 2. The van der Waals surface area contributed by atoms with E-state index >= 15 is 0 Å². The van der Waals surface area contributed by atoms with Crippen LogP contribution in [0, 0.1) is 16.7 Å².